The number of aromatic nitrogens is 3. The third-order valence-electron chi connectivity index (χ3n) is 9.23. The summed E-state index contributed by atoms with van der Waals surface area (Å²) < 4.78 is 35.1. The Bertz CT molecular complexity index is 1670. The lowest BCUT2D eigenvalue weighted by Gasteiger charge is -2.32. The molecule has 0 bridgehead atoms. The van der Waals surface area contributed by atoms with Crippen LogP contribution in [0, 0.1) is 11.8 Å². The van der Waals surface area contributed by atoms with Gasteiger partial charge in [-0.1, -0.05) is 48.5 Å². The number of carbonyl (C=O) groups excluding carboxylic acids is 1. The molecule has 2 fully saturated rings. The summed E-state index contributed by atoms with van der Waals surface area (Å²) in [5.41, 5.74) is 5.66. The second-order valence-corrected chi connectivity index (χ2v) is 12.1. The molecule has 4 aromatic rings. The lowest BCUT2D eigenvalue weighted by Crippen LogP contribution is -2.36. The first-order valence-corrected chi connectivity index (χ1v) is 15.1. The predicted molar refractivity (Wildman–Crippen MR) is 157 cm³/mol. The molecule has 0 spiro atoms. The highest BCUT2D eigenvalue weighted by atomic mass is 19.3. The molecule has 2 atom stereocenters. The van der Waals surface area contributed by atoms with Crippen molar-refractivity contribution in [2.75, 3.05) is 6.61 Å². The van der Waals surface area contributed by atoms with Gasteiger partial charge in [-0.25, -0.2) is 28.3 Å². The largest absolute Gasteiger partial charge is 0.465 e. The van der Waals surface area contributed by atoms with Crippen LogP contribution in [0.25, 0.3) is 16.9 Å². The highest BCUT2D eigenvalue weighted by Crippen LogP contribution is 2.45. The van der Waals surface area contributed by atoms with Crippen LogP contribution in [0.15, 0.2) is 67.0 Å². The number of carbonyl (C=O) groups is 2. The Kier molecular flexibility index (Phi) is 7.18. The normalized spacial score (nSPS) is 19.1. The van der Waals surface area contributed by atoms with E-state index in [1.165, 1.54) is 0 Å². The van der Waals surface area contributed by atoms with Crippen LogP contribution in [-0.4, -0.2) is 44.2 Å². The van der Waals surface area contributed by atoms with E-state index in [0.29, 0.717) is 17.2 Å². The smallest absolute Gasteiger partial charge is 0.407 e. The predicted octanol–water partition coefficient (Wildman–Crippen LogP) is 6.85. The number of nitrogens with one attached hydrogen (secondary N) is 2. The van der Waals surface area contributed by atoms with Gasteiger partial charge in [0.25, 0.3) is 0 Å². The Labute approximate surface area is 252 Å². The maximum atomic E-state index is 13.8. The molecule has 3 N–H and O–H groups in total. The van der Waals surface area contributed by atoms with Gasteiger partial charge in [0.1, 0.15) is 6.61 Å². The van der Waals surface area contributed by atoms with Crippen LogP contribution < -0.4 is 10.6 Å². The van der Waals surface area contributed by atoms with Gasteiger partial charge >= 0.3 is 12.2 Å². The van der Waals surface area contributed by atoms with Crippen molar-refractivity contribution in [3.63, 3.8) is 0 Å². The van der Waals surface area contributed by atoms with E-state index in [2.05, 4.69) is 39.9 Å². The van der Waals surface area contributed by atoms with Crippen molar-refractivity contribution in [1.29, 1.82) is 0 Å². The molecule has 2 heterocycles. The quantitative estimate of drug-likeness (QED) is 0.203. The molecule has 2 aromatic heterocycles. The van der Waals surface area contributed by atoms with Crippen LogP contribution in [-0.2, 0) is 4.74 Å². The van der Waals surface area contributed by atoms with Gasteiger partial charge in [-0.05, 0) is 65.8 Å². The molecular weight excluding hydrogens is 568 g/mol. The van der Waals surface area contributed by atoms with Gasteiger partial charge < -0.3 is 20.5 Å². The molecule has 0 saturated heterocycles. The maximum Gasteiger partial charge on any atom is 0.407 e. The summed E-state index contributed by atoms with van der Waals surface area (Å²) in [4.78, 5) is 34.0. The van der Waals surface area contributed by atoms with Gasteiger partial charge in [-0.3, -0.25) is 4.40 Å². The van der Waals surface area contributed by atoms with Crippen LogP contribution in [0.2, 0.25) is 0 Å². The van der Waals surface area contributed by atoms with E-state index in [4.69, 9.17) is 9.72 Å². The first-order chi connectivity index (χ1) is 21.3. The maximum absolute atomic E-state index is 13.8. The van der Waals surface area contributed by atoms with Crippen molar-refractivity contribution in [3.05, 3.63) is 89.5 Å². The van der Waals surface area contributed by atoms with Crippen LogP contribution in [0.3, 0.4) is 0 Å². The highest BCUT2D eigenvalue weighted by Gasteiger charge is 2.40. The summed E-state index contributed by atoms with van der Waals surface area (Å²) in [6, 6.07) is 17.1. The number of alkyl carbamates (subject to hydrolysis) is 1. The third kappa shape index (κ3) is 5.58. The van der Waals surface area contributed by atoms with E-state index >= 15 is 0 Å². The zero-order chi connectivity index (χ0) is 30.4. The number of hydrogen-bond donors (Lipinski definition) is 3. The zero-order valence-corrected chi connectivity index (χ0v) is 24.0. The van der Waals surface area contributed by atoms with Crippen molar-refractivity contribution in [2.45, 2.75) is 62.4 Å². The van der Waals surface area contributed by atoms with Crippen molar-refractivity contribution in [3.8, 4) is 11.1 Å². The summed E-state index contributed by atoms with van der Waals surface area (Å²) in [5, 5.41) is 15.0. The fourth-order valence-electron chi connectivity index (χ4n) is 6.82. The van der Waals surface area contributed by atoms with Gasteiger partial charge in [-0.15, -0.1) is 0 Å². The Morgan fingerprint density at radius 3 is 2.11 bits per heavy atom. The number of carboxylic acid groups (broad SMARTS) is 1. The molecule has 2 saturated carbocycles. The molecule has 0 radical (unpaired) electrons. The Morgan fingerprint density at radius 2 is 1.48 bits per heavy atom. The number of alkyl halides is 2. The summed E-state index contributed by atoms with van der Waals surface area (Å²) in [6.45, 7) is 0.207. The summed E-state index contributed by atoms with van der Waals surface area (Å²) in [6.07, 6.45) is 3.41. The minimum Gasteiger partial charge on any atom is -0.465 e. The minimum absolute atomic E-state index is 0.0481. The Balaban J connectivity index is 1.07. The van der Waals surface area contributed by atoms with E-state index < -0.39 is 24.2 Å². The lowest BCUT2D eigenvalue weighted by atomic mass is 9.81. The van der Waals surface area contributed by atoms with Crippen molar-refractivity contribution >= 4 is 18.0 Å². The van der Waals surface area contributed by atoms with E-state index in [1.54, 1.807) is 16.8 Å². The molecule has 0 aliphatic heterocycles. The first-order valence-electron chi connectivity index (χ1n) is 15.1. The van der Waals surface area contributed by atoms with Crippen molar-refractivity contribution in [1.82, 2.24) is 25.0 Å². The van der Waals surface area contributed by atoms with Gasteiger partial charge in [0.2, 0.25) is 11.7 Å². The van der Waals surface area contributed by atoms with E-state index in [0.717, 1.165) is 35.1 Å². The molecule has 2 aromatic carbocycles. The number of halogens is 2. The second-order valence-electron chi connectivity index (χ2n) is 12.1. The van der Waals surface area contributed by atoms with Crippen molar-refractivity contribution in [2.24, 2.45) is 11.8 Å². The molecule has 44 heavy (non-hydrogen) atoms. The van der Waals surface area contributed by atoms with Crippen LogP contribution in [0.4, 0.5) is 18.4 Å². The fraction of sp³-hybridized carbons (Fsp3) is 0.394. The van der Waals surface area contributed by atoms with Crippen LogP contribution in [0.1, 0.15) is 79.0 Å². The average Bonchev–Trinajstić information content (AvgIpc) is 3.68. The number of imidazole rings is 1. The lowest BCUT2D eigenvalue weighted by molar-refractivity contribution is -0.0495. The van der Waals surface area contributed by atoms with E-state index in [9.17, 15) is 23.5 Å². The highest BCUT2D eigenvalue weighted by molar-refractivity contribution is 5.79. The van der Waals surface area contributed by atoms with E-state index in [-0.39, 0.29) is 56.1 Å². The van der Waals surface area contributed by atoms with Gasteiger partial charge in [0, 0.05) is 31.2 Å². The number of rotatable bonds is 8. The molecule has 2 unspecified atom stereocenters. The standard InChI is InChI=1S/C33H33F2N5O4/c34-33(35)14-11-20(12-15-33)29(38-31(41)42)27-17-40-16-13-26(36-30(40)37-27)28(19-9-10-19)39-32(43)44-18-25-23-7-3-1-5-21(23)22-6-2-4-8-24(22)25/h1-8,13,16-17,19-20,25,28-29,38H,9-12,14-15,18H2,(H,39,43)(H,41,42). The van der Waals surface area contributed by atoms with Crippen molar-refractivity contribution < 1.29 is 28.2 Å². The molecule has 3 aliphatic carbocycles. The molecule has 7 rings (SSSR count). The van der Waals surface area contributed by atoms with Crippen LogP contribution >= 0.6 is 0 Å². The van der Waals surface area contributed by atoms with Crippen LogP contribution in [0.5, 0.6) is 0 Å². The topological polar surface area (TPSA) is 118 Å². The number of ether oxygens (including phenoxy) is 1. The second kappa shape index (κ2) is 11.2. The number of benzene rings is 2. The van der Waals surface area contributed by atoms with Gasteiger partial charge in [0.15, 0.2) is 0 Å². The molecule has 2 amide bonds. The molecule has 9 nitrogen and oxygen atoms in total. The monoisotopic (exact) mass is 601 g/mol. The third-order valence-corrected chi connectivity index (χ3v) is 9.23. The molecule has 3 aliphatic rings. The summed E-state index contributed by atoms with van der Waals surface area (Å²) in [5.74, 6) is -2.52. The molecule has 11 heteroatoms. The summed E-state index contributed by atoms with van der Waals surface area (Å²) >= 11 is 0. The number of amides is 2. The van der Waals surface area contributed by atoms with Gasteiger partial charge in [0.05, 0.1) is 23.5 Å². The molecular formula is C33H33F2N5O4. The molecule has 228 valence electrons. The fourth-order valence-corrected chi connectivity index (χ4v) is 6.82. The number of hydrogen-bond acceptors (Lipinski definition) is 5. The first kappa shape index (κ1) is 28.2. The SMILES string of the molecule is O=C(O)NC(c1cn2ccc(C(NC(=O)OCC3c4ccccc4-c4ccccc43)C3CC3)nc2n1)C1CCC(F)(F)CC1. The number of nitrogens with zero attached hydrogens (tertiary/aromatic N) is 3. The Morgan fingerprint density at radius 1 is 0.886 bits per heavy atom. The number of fused-ring (bicyclic) bond motifs is 4. The Hall–Kier alpha value is -4.54. The zero-order valence-electron chi connectivity index (χ0n) is 24.0. The average molecular weight is 602 g/mol. The van der Waals surface area contributed by atoms with E-state index in [1.807, 2.05) is 30.3 Å². The minimum atomic E-state index is -2.72. The summed E-state index contributed by atoms with van der Waals surface area (Å²) in [7, 11) is 0. The van der Waals surface area contributed by atoms with Gasteiger partial charge in [-0.2, -0.15) is 0 Å².